The molecule has 13 heteroatoms. The van der Waals surface area contributed by atoms with Crippen molar-refractivity contribution in [3.8, 4) is 0 Å². The van der Waals surface area contributed by atoms with Crippen LogP contribution in [0.25, 0.3) is 38.8 Å². The number of hydrogen-bond donors (Lipinski definition) is 2. The number of aryl methyl sites for hydroxylation is 3. The molecule has 1 aliphatic carbocycles. The molecule has 3 aromatic heterocycles. The molecule has 0 amide bonds. The number of methoxy groups -OCH3 is 4. The number of carbonyl (C=O) groups excluding carboxylic acids is 4. The van der Waals surface area contributed by atoms with Crippen molar-refractivity contribution in [3.05, 3.63) is 87.0 Å². The van der Waals surface area contributed by atoms with E-state index in [1.165, 1.54) is 28.4 Å². The van der Waals surface area contributed by atoms with Gasteiger partial charge in [0.1, 0.15) is 5.92 Å². The second kappa shape index (κ2) is 15.4. The van der Waals surface area contributed by atoms with Gasteiger partial charge in [0.2, 0.25) is 0 Å². The maximum atomic E-state index is 13.8. The molecule has 8 bridgehead atoms. The summed E-state index contributed by atoms with van der Waals surface area (Å²) in [5, 5.41) is 0. The van der Waals surface area contributed by atoms with Crippen molar-refractivity contribution in [3.63, 3.8) is 0 Å². The van der Waals surface area contributed by atoms with Crippen molar-refractivity contribution in [2.75, 3.05) is 28.4 Å². The lowest BCUT2D eigenvalue weighted by atomic mass is 9.64. The van der Waals surface area contributed by atoms with Crippen LogP contribution in [0.15, 0.2) is 42.0 Å². The fourth-order valence-corrected chi connectivity index (χ4v) is 8.62. The number of halogens is 1. The lowest BCUT2D eigenvalue weighted by Gasteiger charge is -2.36. The van der Waals surface area contributed by atoms with Crippen molar-refractivity contribution >= 4 is 78.6 Å². The Labute approximate surface area is 327 Å². The third-order valence-corrected chi connectivity index (χ3v) is 11.6. The summed E-state index contributed by atoms with van der Waals surface area (Å²) in [5.41, 5.74) is 10.9. The van der Waals surface area contributed by atoms with Crippen molar-refractivity contribution in [1.29, 1.82) is 0 Å². The molecule has 0 fully saturated rings. The van der Waals surface area contributed by atoms with Gasteiger partial charge in [-0.3, -0.25) is 19.4 Å². The number of H-pyrrole nitrogens is 2. The van der Waals surface area contributed by atoms with Crippen LogP contribution in [-0.2, 0) is 50.0 Å². The number of rotatable bonds is 9. The number of aromatic nitrogens is 4. The Balaban J connectivity index is 1.77. The van der Waals surface area contributed by atoms with E-state index in [0.29, 0.717) is 35.4 Å². The molecule has 2 N–H and O–H groups in total. The number of ether oxygens (including phenoxy) is 4. The summed E-state index contributed by atoms with van der Waals surface area (Å²) in [4.78, 5) is 69.2. The van der Waals surface area contributed by atoms with E-state index in [0.717, 1.165) is 61.2 Å². The second-order valence-electron chi connectivity index (χ2n) is 14.1. The number of aromatic amines is 2. The molecule has 3 aromatic rings. The zero-order chi connectivity index (χ0) is 39.9. The average Bonchev–Trinajstić information content (AvgIpc) is 3.82. The number of fused-ring (bicyclic) bond motifs is 11. The fourth-order valence-electron chi connectivity index (χ4n) is 8.03. The molecule has 3 atom stereocenters. The first kappa shape index (κ1) is 39.4. The molecule has 0 saturated heterocycles. The smallest absolute Gasteiger partial charge is 0.334 e. The van der Waals surface area contributed by atoms with Gasteiger partial charge in [-0.25, -0.2) is 9.78 Å². The molecule has 288 valence electrons. The topological polar surface area (TPSA) is 163 Å². The van der Waals surface area contributed by atoms with Crippen LogP contribution in [0.4, 0.5) is 0 Å². The molecule has 0 radical (unpaired) electrons. The normalized spacial score (nSPS) is 18.2. The molecule has 55 heavy (non-hydrogen) atoms. The first-order chi connectivity index (χ1) is 26.2. The van der Waals surface area contributed by atoms with Crippen molar-refractivity contribution < 1.29 is 38.1 Å². The third-order valence-electron chi connectivity index (χ3n) is 11.1. The van der Waals surface area contributed by atoms with Crippen LogP contribution in [0.1, 0.15) is 89.9 Å². The number of allylic oxidation sites excluding steroid dienone is 5. The summed E-state index contributed by atoms with van der Waals surface area (Å²) in [5.74, 6) is -3.01. The predicted molar refractivity (Wildman–Crippen MR) is 213 cm³/mol. The summed E-state index contributed by atoms with van der Waals surface area (Å²) >= 11 is 3.81. The molecule has 0 saturated carbocycles. The van der Waals surface area contributed by atoms with Crippen LogP contribution in [0.2, 0.25) is 0 Å². The minimum atomic E-state index is -1.15. The Kier molecular flexibility index (Phi) is 11.1. The van der Waals surface area contributed by atoms with Gasteiger partial charge < -0.3 is 28.9 Å². The molecule has 1 unspecified atom stereocenters. The van der Waals surface area contributed by atoms with Gasteiger partial charge in [0, 0.05) is 39.7 Å². The first-order valence-electron chi connectivity index (χ1n) is 18.0. The highest BCUT2D eigenvalue weighted by molar-refractivity contribution is 9.09. The Hall–Kier alpha value is -5.30. The Morgan fingerprint density at radius 3 is 2.02 bits per heavy atom. The van der Waals surface area contributed by atoms with Gasteiger partial charge in [0.15, 0.2) is 0 Å². The standard InChI is InChI=1S/C42H45BrN4O8/c1-20-24(11-14-36(48)52-6)31-18-32-25(12-15-37(49)53-7)21(2)30(45-32)19-35-42(5)27(13-10-26(40(50)54-8)39(42)41(51)55-9)33(47-35)16-29-22(3)38(23(4)43)34(46-29)17-28(20)44-31/h10,13,16-19,23,39,45-46H,11-12,14-15H2,1-9H3/t23?,39-,42-/m1/s1. The van der Waals surface area contributed by atoms with Crippen LogP contribution >= 0.6 is 15.9 Å². The summed E-state index contributed by atoms with van der Waals surface area (Å²) in [6.45, 7) is 9.95. The van der Waals surface area contributed by atoms with E-state index in [9.17, 15) is 19.2 Å². The summed E-state index contributed by atoms with van der Waals surface area (Å²) in [6, 6.07) is 7.83. The van der Waals surface area contributed by atoms with Gasteiger partial charge >= 0.3 is 23.9 Å². The van der Waals surface area contributed by atoms with E-state index < -0.39 is 23.3 Å². The lowest BCUT2D eigenvalue weighted by molar-refractivity contribution is -0.149. The number of hydrogen-bond acceptors (Lipinski definition) is 10. The lowest BCUT2D eigenvalue weighted by Crippen LogP contribution is -2.42. The monoisotopic (exact) mass is 812 g/mol. The quantitative estimate of drug-likeness (QED) is 0.125. The minimum Gasteiger partial charge on any atom is -0.469 e. The van der Waals surface area contributed by atoms with Crippen molar-refractivity contribution in [1.82, 2.24) is 19.9 Å². The average molecular weight is 814 g/mol. The maximum Gasteiger partial charge on any atom is 0.334 e. The Morgan fingerprint density at radius 2 is 1.38 bits per heavy atom. The van der Waals surface area contributed by atoms with E-state index in [1.54, 1.807) is 6.08 Å². The molecule has 12 nitrogen and oxygen atoms in total. The van der Waals surface area contributed by atoms with Gasteiger partial charge in [-0.05, 0) is 111 Å². The van der Waals surface area contributed by atoms with Crippen LogP contribution in [0.5, 0.6) is 0 Å². The van der Waals surface area contributed by atoms with Gasteiger partial charge in [-0.1, -0.05) is 28.1 Å². The molecular weight excluding hydrogens is 768 g/mol. The number of carbonyl (C=O) groups is 4. The van der Waals surface area contributed by atoms with Gasteiger partial charge in [0.05, 0.1) is 62.2 Å². The number of esters is 4. The van der Waals surface area contributed by atoms with E-state index in [2.05, 4.69) is 32.8 Å². The second-order valence-corrected chi connectivity index (χ2v) is 15.5. The number of nitrogens with one attached hydrogen (secondary N) is 2. The molecule has 3 aliphatic rings. The first-order valence-corrected chi connectivity index (χ1v) is 18.9. The highest BCUT2D eigenvalue weighted by atomic mass is 79.9. The number of alkyl halides is 1. The van der Waals surface area contributed by atoms with Crippen molar-refractivity contribution in [2.45, 2.75) is 70.5 Å². The van der Waals surface area contributed by atoms with E-state index in [1.807, 2.05) is 58.0 Å². The summed E-state index contributed by atoms with van der Waals surface area (Å²) in [7, 11) is 5.31. The Bertz CT molecular complexity index is 2400. The molecular formula is C42H45BrN4O8. The molecule has 6 rings (SSSR count). The van der Waals surface area contributed by atoms with Crippen LogP contribution in [0.3, 0.4) is 0 Å². The van der Waals surface area contributed by atoms with Gasteiger partial charge in [-0.2, -0.15) is 0 Å². The maximum absolute atomic E-state index is 13.8. The minimum absolute atomic E-state index is 0.0360. The molecule has 2 aliphatic heterocycles. The summed E-state index contributed by atoms with van der Waals surface area (Å²) < 4.78 is 20.5. The third kappa shape index (κ3) is 6.94. The van der Waals surface area contributed by atoms with E-state index >= 15 is 0 Å². The Morgan fingerprint density at radius 1 is 0.764 bits per heavy atom. The van der Waals surface area contributed by atoms with E-state index in [4.69, 9.17) is 28.9 Å². The van der Waals surface area contributed by atoms with E-state index in [-0.39, 0.29) is 35.2 Å². The summed E-state index contributed by atoms with van der Waals surface area (Å²) in [6.07, 6.45) is 4.51. The highest BCUT2D eigenvalue weighted by Crippen LogP contribution is 2.52. The van der Waals surface area contributed by atoms with Crippen molar-refractivity contribution in [2.24, 2.45) is 5.92 Å². The zero-order valence-electron chi connectivity index (χ0n) is 32.5. The zero-order valence-corrected chi connectivity index (χ0v) is 34.1. The molecule has 5 heterocycles. The van der Waals surface area contributed by atoms with Crippen LogP contribution in [0, 0.1) is 19.8 Å². The van der Waals surface area contributed by atoms with Crippen LogP contribution < -0.4 is 0 Å². The van der Waals surface area contributed by atoms with Gasteiger partial charge in [0.25, 0.3) is 0 Å². The molecule has 0 spiro atoms. The van der Waals surface area contributed by atoms with Gasteiger partial charge in [-0.15, -0.1) is 0 Å². The predicted octanol–water partition coefficient (Wildman–Crippen LogP) is 7.62. The highest BCUT2D eigenvalue weighted by Gasteiger charge is 2.53. The SMILES string of the molecule is COC(=O)CCC1=C(C)c2cc3[nH]c(cc4nc(cc5[nH]c(cc1n2)c(CCC(=O)OC)c5C)[C@@]1(C)C4=CC=C(C(=O)OC)[C@@H]1C(=O)OC)c(C)c3C(C)Br. The molecule has 0 aromatic carbocycles. The largest absolute Gasteiger partial charge is 0.469 e. The van der Waals surface area contributed by atoms with Crippen LogP contribution in [-0.4, -0.2) is 72.3 Å². The fraction of sp³-hybridized carbons (Fsp3) is 0.381. The number of nitrogens with zero attached hydrogens (tertiary/aromatic N) is 2.